The highest BCUT2D eigenvalue weighted by Crippen LogP contribution is 2.37. The average Bonchev–Trinajstić information content (AvgIpc) is 3.28. The molecule has 1 aliphatic carbocycles. The average molecular weight is 535 g/mol. The fourth-order valence-electron chi connectivity index (χ4n) is 4.41. The molecule has 10 nitrogen and oxygen atoms in total. The summed E-state index contributed by atoms with van der Waals surface area (Å²) in [6, 6.07) is 10.3. The maximum Gasteiger partial charge on any atom is 0.407 e. The zero-order valence-corrected chi connectivity index (χ0v) is 22.5. The number of carbonyl (C=O) groups excluding carboxylic acids is 1. The van der Waals surface area contributed by atoms with Gasteiger partial charge in [0, 0.05) is 41.6 Å². The van der Waals surface area contributed by atoms with Crippen LogP contribution in [0.2, 0.25) is 0 Å². The summed E-state index contributed by atoms with van der Waals surface area (Å²) in [6.07, 6.45) is 7.20. The number of anilines is 1. The lowest BCUT2D eigenvalue weighted by atomic mass is 9.86. The van der Waals surface area contributed by atoms with E-state index in [1.807, 2.05) is 27.7 Å². The van der Waals surface area contributed by atoms with E-state index in [0.717, 1.165) is 16.8 Å². The van der Waals surface area contributed by atoms with Crippen LogP contribution in [0.1, 0.15) is 39.2 Å². The molecule has 1 fully saturated rings. The van der Waals surface area contributed by atoms with Gasteiger partial charge in [-0.15, -0.1) is 0 Å². The molecular weight excluding hydrogens is 504 g/mol. The Kier molecular flexibility index (Phi) is 6.56. The first-order chi connectivity index (χ1) is 18.0. The number of nitrogens with one attached hydrogen (secondary N) is 2. The van der Waals surface area contributed by atoms with Crippen molar-refractivity contribution in [2.24, 2.45) is 0 Å². The fourth-order valence-corrected chi connectivity index (χ4v) is 5.71. The molecule has 0 bridgehead atoms. The number of aromatic nitrogens is 4. The van der Waals surface area contributed by atoms with Gasteiger partial charge in [-0.2, -0.15) is 0 Å². The molecule has 0 aliphatic heterocycles. The molecule has 0 radical (unpaired) electrons. The number of fused-ring (bicyclic) bond motifs is 1. The molecule has 1 aromatic carbocycles. The summed E-state index contributed by atoms with van der Waals surface area (Å²) < 4.78 is 33.5. The second kappa shape index (κ2) is 9.71. The first-order valence-electron chi connectivity index (χ1n) is 12.4. The highest BCUT2D eigenvalue weighted by molar-refractivity contribution is 7.90. The topological polar surface area (TPSA) is 128 Å². The van der Waals surface area contributed by atoms with E-state index in [0.29, 0.717) is 29.6 Å². The monoisotopic (exact) mass is 534 g/mol. The summed E-state index contributed by atoms with van der Waals surface area (Å²) in [5.74, 6) is 0. The molecule has 0 saturated heterocycles. The largest absolute Gasteiger partial charge is 0.444 e. The number of carbonyl (C=O) groups is 1. The Bertz CT molecular complexity index is 1570. The van der Waals surface area contributed by atoms with Crippen LogP contribution >= 0.6 is 0 Å². The van der Waals surface area contributed by atoms with Crippen molar-refractivity contribution in [3.8, 4) is 11.3 Å². The van der Waals surface area contributed by atoms with Crippen molar-refractivity contribution in [3.05, 3.63) is 66.9 Å². The predicted molar refractivity (Wildman–Crippen MR) is 144 cm³/mol. The summed E-state index contributed by atoms with van der Waals surface area (Å²) in [5.41, 5.74) is 2.84. The molecule has 0 spiro atoms. The van der Waals surface area contributed by atoms with Gasteiger partial charge in [-0.3, -0.25) is 0 Å². The van der Waals surface area contributed by atoms with Gasteiger partial charge in [-0.1, -0.05) is 17.7 Å². The van der Waals surface area contributed by atoms with Crippen molar-refractivity contribution in [1.82, 2.24) is 24.2 Å². The molecule has 0 atom stereocenters. The van der Waals surface area contributed by atoms with Gasteiger partial charge in [0.05, 0.1) is 16.3 Å². The van der Waals surface area contributed by atoms with Crippen molar-refractivity contribution in [2.45, 2.75) is 63.1 Å². The summed E-state index contributed by atoms with van der Waals surface area (Å²) in [4.78, 5) is 25.2. The summed E-state index contributed by atoms with van der Waals surface area (Å²) >= 11 is 0. The second-order valence-electron chi connectivity index (χ2n) is 10.5. The van der Waals surface area contributed by atoms with Crippen LogP contribution in [0.25, 0.3) is 22.3 Å². The number of nitrogens with zero attached hydrogens (tertiary/aromatic N) is 4. The predicted octanol–water partition coefficient (Wildman–Crippen LogP) is 4.51. The van der Waals surface area contributed by atoms with Gasteiger partial charge in [0.1, 0.15) is 11.9 Å². The van der Waals surface area contributed by atoms with Crippen LogP contribution in [0.5, 0.6) is 0 Å². The quantitative estimate of drug-likeness (QED) is 0.370. The van der Waals surface area contributed by atoms with Crippen molar-refractivity contribution in [3.63, 3.8) is 0 Å². The summed E-state index contributed by atoms with van der Waals surface area (Å²) in [5, 5.41) is 7.11. The maximum absolute atomic E-state index is 13.5. The Hall–Kier alpha value is -3.99. The number of pyridine rings is 1. The van der Waals surface area contributed by atoms with Crippen molar-refractivity contribution in [1.29, 1.82) is 0 Å². The van der Waals surface area contributed by atoms with Gasteiger partial charge in [0.2, 0.25) is 0 Å². The van der Waals surface area contributed by atoms with E-state index in [1.54, 1.807) is 48.8 Å². The van der Waals surface area contributed by atoms with Gasteiger partial charge < -0.3 is 15.4 Å². The number of benzene rings is 1. The van der Waals surface area contributed by atoms with Gasteiger partial charge in [0.15, 0.2) is 5.65 Å². The van der Waals surface area contributed by atoms with Gasteiger partial charge in [-0.25, -0.2) is 32.1 Å². The molecule has 4 aromatic rings. The van der Waals surface area contributed by atoms with Gasteiger partial charge in [0.25, 0.3) is 10.0 Å². The zero-order valence-electron chi connectivity index (χ0n) is 21.7. The number of amides is 1. The Morgan fingerprint density at radius 3 is 2.45 bits per heavy atom. The van der Waals surface area contributed by atoms with E-state index in [-0.39, 0.29) is 17.0 Å². The normalized spacial score (nSPS) is 17.6. The Morgan fingerprint density at radius 2 is 1.79 bits per heavy atom. The van der Waals surface area contributed by atoms with E-state index in [1.165, 1.54) is 16.5 Å². The minimum atomic E-state index is -3.85. The Balaban J connectivity index is 1.46. The molecule has 3 aromatic heterocycles. The molecule has 1 aliphatic rings. The Labute approximate surface area is 221 Å². The third-order valence-electron chi connectivity index (χ3n) is 6.32. The minimum absolute atomic E-state index is 0.0197. The highest BCUT2D eigenvalue weighted by Gasteiger charge is 2.33. The van der Waals surface area contributed by atoms with Crippen LogP contribution in [0.4, 0.5) is 10.5 Å². The SMILES string of the molecule is Cc1ccc(S(=O)(=O)n2ccc3c(NC4CC(NC(=O)OC(C)(C)C)C4)c(-c4ccncn4)cnc32)cc1. The molecule has 11 heteroatoms. The van der Waals surface area contributed by atoms with E-state index < -0.39 is 21.7 Å². The van der Waals surface area contributed by atoms with E-state index >= 15 is 0 Å². The lowest BCUT2D eigenvalue weighted by molar-refractivity contribution is 0.0475. The first kappa shape index (κ1) is 25.7. The smallest absolute Gasteiger partial charge is 0.407 e. The molecule has 38 heavy (non-hydrogen) atoms. The van der Waals surface area contributed by atoms with Crippen molar-refractivity contribution < 1.29 is 17.9 Å². The molecule has 1 amide bonds. The molecule has 5 rings (SSSR count). The van der Waals surface area contributed by atoms with Crippen LogP contribution in [0, 0.1) is 6.92 Å². The number of rotatable bonds is 6. The maximum atomic E-state index is 13.5. The number of ether oxygens (including phenoxy) is 1. The summed E-state index contributed by atoms with van der Waals surface area (Å²) in [6.45, 7) is 7.38. The molecule has 1 saturated carbocycles. The molecule has 3 heterocycles. The third kappa shape index (κ3) is 5.19. The fraction of sp³-hybridized carbons (Fsp3) is 0.333. The zero-order chi connectivity index (χ0) is 27.1. The van der Waals surface area contributed by atoms with Crippen molar-refractivity contribution >= 4 is 32.8 Å². The number of alkyl carbamates (subject to hydrolysis) is 1. The van der Waals surface area contributed by atoms with E-state index in [4.69, 9.17) is 4.74 Å². The van der Waals surface area contributed by atoms with Crippen LogP contribution in [0.3, 0.4) is 0 Å². The number of hydrogen-bond donors (Lipinski definition) is 2. The van der Waals surface area contributed by atoms with Gasteiger partial charge >= 0.3 is 6.09 Å². The summed E-state index contributed by atoms with van der Waals surface area (Å²) in [7, 11) is -3.85. The van der Waals surface area contributed by atoms with Crippen LogP contribution in [-0.4, -0.2) is 51.1 Å². The Morgan fingerprint density at radius 1 is 1.05 bits per heavy atom. The van der Waals surface area contributed by atoms with E-state index in [2.05, 4.69) is 25.6 Å². The van der Waals surface area contributed by atoms with Crippen LogP contribution in [0.15, 0.2) is 66.2 Å². The number of aryl methyl sites for hydroxylation is 1. The van der Waals surface area contributed by atoms with Gasteiger partial charge in [-0.05, 0) is 64.8 Å². The molecule has 0 unspecified atom stereocenters. The second-order valence-corrected chi connectivity index (χ2v) is 12.3. The molecular formula is C27H30N6O4S. The van der Waals surface area contributed by atoms with Crippen LogP contribution in [-0.2, 0) is 14.8 Å². The third-order valence-corrected chi connectivity index (χ3v) is 8.00. The molecule has 198 valence electrons. The minimum Gasteiger partial charge on any atom is -0.444 e. The molecule has 2 N–H and O–H groups in total. The lowest BCUT2D eigenvalue weighted by Gasteiger charge is -2.37. The van der Waals surface area contributed by atoms with Crippen LogP contribution < -0.4 is 10.6 Å². The van der Waals surface area contributed by atoms with E-state index in [9.17, 15) is 13.2 Å². The standard InChI is InChI=1S/C27H30N6O4S/c1-17-5-7-20(8-6-17)38(35,36)33-12-10-21-24(22(15-29-25(21)33)23-9-11-28-16-30-23)31-18-13-19(14-18)32-26(34)37-27(2,3)4/h5-12,15-16,18-19H,13-14H2,1-4H3,(H,29,31)(H,32,34). The number of hydrogen-bond acceptors (Lipinski definition) is 8. The van der Waals surface area contributed by atoms with Crippen molar-refractivity contribution in [2.75, 3.05) is 5.32 Å². The lowest BCUT2D eigenvalue weighted by Crippen LogP contribution is -2.50. The highest BCUT2D eigenvalue weighted by atomic mass is 32.2. The first-order valence-corrected chi connectivity index (χ1v) is 13.8.